The van der Waals surface area contributed by atoms with Gasteiger partial charge < -0.3 is 28.3 Å². The first-order chi connectivity index (χ1) is 27.8. The zero-order valence-electron chi connectivity index (χ0n) is 30.9. The van der Waals surface area contributed by atoms with Crippen LogP contribution in [0.4, 0.5) is 4.39 Å². The van der Waals surface area contributed by atoms with Crippen LogP contribution < -0.4 is 16.3 Å². The number of fused-ring (bicyclic) bond motifs is 3. The molecule has 3 aliphatic rings. The van der Waals surface area contributed by atoms with E-state index in [1.165, 1.54) is 25.4 Å². The van der Waals surface area contributed by atoms with Crippen molar-refractivity contribution in [2.45, 2.75) is 56.7 Å². The maximum absolute atomic E-state index is 13.2. The highest BCUT2D eigenvalue weighted by Gasteiger charge is 2.29. The summed E-state index contributed by atoms with van der Waals surface area (Å²) in [5.74, 6) is -2.44. The van der Waals surface area contributed by atoms with Gasteiger partial charge in [0.25, 0.3) is 5.24 Å². The second kappa shape index (κ2) is 16.9. The zero-order chi connectivity index (χ0) is 41.4. The van der Waals surface area contributed by atoms with Crippen LogP contribution in [0.25, 0.3) is 32.7 Å². The van der Waals surface area contributed by atoms with Crippen LogP contribution in [-0.2, 0) is 9.47 Å². The summed E-state index contributed by atoms with van der Waals surface area (Å²) in [4.78, 5) is 71.1. The van der Waals surface area contributed by atoms with Crippen LogP contribution in [0.5, 0.6) is 0 Å². The summed E-state index contributed by atoms with van der Waals surface area (Å²) in [6, 6.07) is 15.1. The van der Waals surface area contributed by atoms with Gasteiger partial charge in [0.05, 0.1) is 28.7 Å². The van der Waals surface area contributed by atoms with Crippen molar-refractivity contribution in [1.29, 1.82) is 0 Å². The normalized spacial score (nSPS) is 14.7. The third kappa shape index (κ3) is 8.73. The van der Waals surface area contributed by atoms with Crippen molar-refractivity contribution in [1.82, 2.24) is 13.7 Å². The second-order valence-electron chi connectivity index (χ2n) is 14.2. The Hall–Kier alpha value is -5.34. The number of esters is 1. The Morgan fingerprint density at radius 3 is 1.52 bits per heavy atom. The van der Waals surface area contributed by atoms with E-state index in [1.807, 2.05) is 15.2 Å². The monoisotopic (exact) mass is 849 g/mol. The lowest BCUT2D eigenvalue weighted by atomic mass is 10.1. The van der Waals surface area contributed by atoms with Crippen LogP contribution >= 0.6 is 34.8 Å². The van der Waals surface area contributed by atoms with Gasteiger partial charge in [-0.2, -0.15) is 0 Å². The summed E-state index contributed by atoms with van der Waals surface area (Å²) in [6.07, 6.45) is 10.6. The first kappa shape index (κ1) is 40.8. The highest BCUT2D eigenvalue weighted by molar-refractivity contribution is 6.67. The molecule has 3 heterocycles. The average molecular weight is 851 g/mol. The third-order valence-electron chi connectivity index (χ3n) is 9.99. The van der Waals surface area contributed by atoms with Crippen LogP contribution in [0.1, 0.15) is 87.7 Å². The van der Waals surface area contributed by atoms with Crippen LogP contribution in [0, 0.1) is 5.82 Å². The average Bonchev–Trinajstić information content (AvgIpc) is 4.03. The van der Waals surface area contributed by atoms with E-state index < -0.39 is 28.4 Å². The second-order valence-corrected chi connectivity index (χ2v) is 15.4. The molecule has 3 aliphatic carbocycles. The van der Waals surface area contributed by atoms with E-state index in [1.54, 1.807) is 47.3 Å². The van der Waals surface area contributed by atoms with Crippen LogP contribution in [0.15, 0.2) is 87.6 Å². The maximum Gasteiger partial charge on any atom is 0.343 e. The molecular formula is C42H35Cl3FN3O9. The van der Waals surface area contributed by atoms with Crippen molar-refractivity contribution in [2.75, 3.05) is 20.3 Å². The molecule has 3 saturated carbocycles. The number of rotatable bonds is 9. The van der Waals surface area contributed by atoms with E-state index >= 15 is 0 Å². The van der Waals surface area contributed by atoms with Crippen LogP contribution in [0.3, 0.4) is 0 Å². The highest BCUT2D eigenvalue weighted by atomic mass is 35.5. The summed E-state index contributed by atoms with van der Waals surface area (Å²) in [5.41, 5.74) is 0.596. The van der Waals surface area contributed by atoms with Gasteiger partial charge in [-0.3, -0.25) is 19.2 Å². The molecule has 0 atom stereocenters. The van der Waals surface area contributed by atoms with Gasteiger partial charge in [-0.15, -0.1) is 0 Å². The van der Waals surface area contributed by atoms with Crippen molar-refractivity contribution >= 4 is 84.7 Å². The number of methoxy groups -OCH3 is 1. The minimum Gasteiger partial charge on any atom is -0.477 e. The van der Waals surface area contributed by atoms with Gasteiger partial charge in [-0.1, -0.05) is 23.2 Å². The molecule has 0 saturated heterocycles. The predicted octanol–water partition coefficient (Wildman–Crippen LogP) is 8.34. The minimum atomic E-state index is -1.28. The number of ether oxygens (including phenoxy) is 2. The summed E-state index contributed by atoms with van der Waals surface area (Å²) in [5, 5.41) is 10.2. The Morgan fingerprint density at radius 2 is 1.07 bits per heavy atom. The molecule has 6 aromatic rings. The number of halogens is 4. The van der Waals surface area contributed by atoms with Crippen molar-refractivity contribution in [2.24, 2.45) is 0 Å². The molecule has 0 aliphatic heterocycles. The molecule has 0 radical (unpaired) electrons. The van der Waals surface area contributed by atoms with Crippen LogP contribution in [-0.4, -0.2) is 56.3 Å². The first-order valence-electron chi connectivity index (χ1n) is 18.4. The molecule has 3 aromatic carbocycles. The van der Waals surface area contributed by atoms with Gasteiger partial charge >= 0.3 is 11.9 Å². The third-order valence-corrected chi connectivity index (χ3v) is 10.7. The van der Waals surface area contributed by atoms with E-state index in [0.29, 0.717) is 45.0 Å². The van der Waals surface area contributed by atoms with Crippen molar-refractivity contribution in [3.8, 4) is 0 Å². The number of pyridine rings is 3. The molecule has 0 spiro atoms. The molecule has 58 heavy (non-hydrogen) atoms. The standard InChI is InChI=1S/C16H16ClNO4.C13H9Cl2NO2.C13H10FNO3/c1-21-6-7-22-16(20)13-9-18(11-3-4-11)14-5-2-10(17)8-12(14)15(13)19;14-7-1-4-11-9(5-7)12(17)10(13(15)18)6-16(11)8-2-3-8;14-7-1-4-11-9(5-7)12(16)10(13(17)18)6-15(11)8-2-3-8/h2,5,8-9,11H,3-4,6-7H2,1H3;1,4-6,8H,2-3H2;1,4-6,8H,2-3H2,(H,17,18). The number of hydrogen-bond donors (Lipinski definition) is 1. The van der Waals surface area contributed by atoms with Gasteiger partial charge in [0.2, 0.25) is 16.3 Å². The number of carboxylic acids is 1. The fraction of sp³-hybridized carbons (Fsp3) is 0.286. The lowest BCUT2D eigenvalue weighted by Gasteiger charge is -2.12. The Labute approximate surface area is 343 Å². The maximum atomic E-state index is 13.2. The van der Waals surface area contributed by atoms with Gasteiger partial charge in [0.1, 0.15) is 23.6 Å². The summed E-state index contributed by atoms with van der Waals surface area (Å²) in [6.45, 7) is 0.410. The molecule has 3 fully saturated rings. The topological polar surface area (TPSA) is 156 Å². The van der Waals surface area contributed by atoms with E-state index in [-0.39, 0.29) is 45.6 Å². The number of carbonyl (C=O) groups excluding carboxylic acids is 2. The number of aromatic carboxylic acids is 1. The molecule has 3 aromatic heterocycles. The Balaban J connectivity index is 0.000000133. The van der Waals surface area contributed by atoms with E-state index in [0.717, 1.165) is 55.6 Å². The fourth-order valence-corrected chi connectivity index (χ4v) is 7.16. The number of benzene rings is 3. The molecule has 9 rings (SSSR count). The van der Waals surface area contributed by atoms with Crippen LogP contribution in [0.2, 0.25) is 10.0 Å². The molecule has 16 heteroatoms. The minimum absolute atomic E-state index is 0.0123. The molecule has 0 bridgehead atoms. The number of carboxylic acid groups (broad SMARTS) is 1. The van der Waals surface area contributed by atoms with E-state index in [2.05, 4.69) is 0 Å². The Bertz CT molecular complexity index is 2700. The van der Waals surface area contributed by atoms with Crippen molar-refractivity contribution in [3.63, 3.8) is 0 Å². The van der Waals surface area contributed by atoms with Crippen molar-refractivity contribution < 1.29 is 33.4 Å². The summed E-state index contributed by atoms with van der Waals surface area (Å²) in [7, 11) is 1.52. The smallest absolute Gasteiger partial charge is 0.343 e. The quantitative estimate of drug-likeness (QED) is 0.0859. The van der Waals surface area contributed by atoms with E-state index in [4.69, 9.17) is 49.4 Å². The van der Waals surface area contributed by atoms with Gasteiger partial charge in [0.15, 0.2) is 0 Å². The lowest BCUT2D eigenvalue weighted by Crippen LogP contribution is -2.21. The zero-order valence-corrected chi connectivity index (χ0v) is 33.2. The first-order valence-corrected chi connectivity index (χ1v) is 19.5. The molecule has 0 amide bonds. The van der Waals surface area contributed by atoms with Crippen molar-refractivity contribution in [3.05, 3.63) is 136 Å². The molecular weight excluding hydrogens is 816 g/mol. The molecule has 12 nitrogen and oxygen atoms in total. The van der Waals surface area contributed by atoms with Gasteiger partial charge in [-0.05, 0) is 105 Å². The molecule has 1 N–H and O–H groups in total. The fourth-order valence-electron chi connectivity index (χ4n) is 6.68. The Kier molecular flexibility index (Phi) is 11.9. The SMILES string of the molecule is COCCOC(=O)c1cn(C2CC2)c2ccc(Cl)cc2c1=O.O=C(Cl)c1cn(C2CC2)c2ccc(Cl)cc2c1=O.O=C(O)c1cn(C2CC2)c2ccc(F)cc2c1=O. The Morgan fingerprint density at radius 1 is 0.655 bits per heavy atom. The molecule has 0 unspecified atom stereocenters. The highest BCUT2D eigenvalue weighted by Crippen LogP contribution is 2.39. The van der Waals surface area contributed by atoms with Gasteiger partial charge in [0, 0.05) is 70.0 Å². The van der Waals surface area contributed by atoms with E-state index in [9.17, 15) is 33.2 Å². The lowest BCUT2D eigenvalue weighted by molar-refractivity contribution is 0.0385. The number of carbonyl (C=O) groups is 3. The predicted molar refractivity (Wildman–Crippen MR) is 219 cm³/mol. The largest absolute Gasteiger partial charge is 0.477 e. The number of hydrogen-bond acceptors (Lipinski definition) is 8. The summed E-state index contributed by atoms with van der Waals surface area (Å²) >= 11 is 17.4. The number of nitrogens with zero attached hydrogens (tertiary/aromatic N) is 3. The molecule has 300 valence electrons. The van der Waals surface area contributed by atoms with Gasteiger partial charge in [-0.25, -0.2) is 14.0 Å². The number of aromatic nitrogens is 3. The summed E-state index contributed by atoms with van der Waals surface area (Å²) < 4.78 is 28.8.